The number of hydrogen-bond donors (Lipinski definition) is 0. The number of carbonyl (C=O) groups excluding carboxylic acids is 1. The second-order valence-corrected chi connectivity index (χ2v) is 6.97. The minimum Gasteiger partial charge on any atom is -0.299 e. The number of aromatic nitrogens is 1. The fourth-order valence-electron chi connectivity index (χ4n) is 3.64. The standard InChI is InChI=1S/C23H21NO/c1-16(18-5-3-2-4-6-18)9-17-10-22(15-24-14-17)19-7-8-20-12-23(25)13-21(20)11-19/h2-8,10-11,14-16H,9,12-13H2,1H3. The first-order valence-corrected chi connectivity index (χ1v) is 8.82. The molecule has 0 bridgehead atoms. The number of nitrogens with zero attached hydrogens (tertiary/aromatic N) is 1. The van der Waals surface area contributed by atoms with Gasteiger partial charge in [0.15, 0.2) is 0 Å². The van der Waals surface area contributed by atoms with Crippen molar-refractivity contribution in [1.82, 2.24) is 4.98 Å². The molecule has 0 amide bonds. The zero-order valence-electron chi connectivity index (χ0n) is 14.4. The largest absolute Gasteiger partial charge is 0.299 e. The molecule has 0 saturated carbocycles. The van der Waals surface area contributed by atoms with Crippen LogP contribution in [0.25, 0.3) is 11.1 Å². The molecule has 1 atom stereocenters. The Morgan fingerprint density at radius 3 is 2.56 bits per heavy atom. The van der Waals surface area contributed by atoms with Gasteiger partial charge in [0.05, 0.1) is 0 Å². The third-order valence-corrected chi connectivity index (χ3v) is 5.02. The topological polar surface area (TPSA) is 30.0 Å². The smallest absolute Gasteiger partial charge is 0.141 e. The predicted octanol–water partition coefficient (Wildman–Crippen LogP) is 4.76. The van der Waals surface area contributed by atoms with Crippen LogP contribution in [0.4, 0.5) is 0 Å². The molecule has 1 aliphatic rings. The van der Waals surface area contributed by atoms with Crippen LogP contribution in [-0.2, 0) is 24.1 Å². The number of Topliss-reactive ketones (excluding diaryl/α,β-unsaturated/α-hetero) is 1. The Labute approximate surface area is 148 Å². The predicted molar refractivity (Wildman–Crippen MR) is 101 cm³/mol. The normalized spacial score (nSPS) is 14.4. The van der Waals surface area contributed by atoms with Gasteiger partial charge in [0.25, 0.3) is 0 Å². The maximum absolute atomic E-state index is 11.6. The quantitative estimate of drug-likeness (QED) is 0.691. The lowest BCUT2D eigenvalue weighted by Crippen LogP contribution is -1.99. The molecule has 0 N–H and O–H groups in total. The summed E-state index contributed by atoms with van der Waals surface area (Å²) in [6.07, 6.45) is 5.99. The highest BCUT2D eigenvalue weighted by Gasteiger charge is 2.18. The second-order valence-electron chi connectivity index (χ2n) is 6.97. The first-order chi connectivity index (χ1) is 12.2. The number of hydrogen-bond acceptors (Lipinski definition) is 2. The SMILES string of the molecule is CC(Cc1cncc(-c2ccc3c(c2)CC(=O)C3)c1)c1ccccc1. The first-order valence-electron chi connectivity index (χ1n) is 8.82. The van der Waals surface area contributed by atoms with Gasteiger partial charge in [0.1, 0.15) is 5.78 Å². The van der Waals surface area contributed by atoms with Crippen LogP contribution < -0.4 is 0 Å². The van der Waals surface area contributed by atoms with Gasteiger partial charge in [-0.2, -0.15) is 0 Å². The van der Waals surface area contributed by atoms with E-state index in [0.717, 1.165) is 17.5 Å². The number of benzene rings is 2. The van der Waals surface area contributed by atoms with Crippen molar-refractivity contribution < 1.29 is 4.79 Å². The van der Waals surface area contributed by atoms with Crippen LogP contribution in [0.2, 0.25) is 0 Å². The number of carbonyl (C=O) groups is 1. The molecule has 2 aromatic carbocycles. The van der Waals surface area contributed by atoms with E-state index in [-0.39, 0.29) is 0 Å². The summed E-state index contributed by atoms with van der Waals surface area (Å²) >= 11 is 0. The van der Waals surface area contributed by atoms with E-state index in [2.05, 4.69) is 66.5 Å². The summed E-state index contributed by atoms with van der Waals surface area (Å²) in [5.41, 5.74) is 7.21. The highest BCUT2D eigenvalue weighted by atomic mass is 16.1. The van der Waals surface area contributed by atoms with Crippen molar-refractivity contribution in [3.63, 3.8) is 0 Å². The van der Waals surface area contributed by atoms with E-state index < -0.39 is 0 Å². The minimum atomic E-state index is 0.315. The molecule has 1 aromatic heterocycles. The van der Waals surface area contributed by atoms with Gasteiger partial charge in [0.2, 0.25) is 0 Å². The fourth-order valence-corrected chi connectivity index (χ4v) is 3.64. The van der Waals surface area contributed by atoms with E-state index in [0.29, 0.717) is 24.5 Å². The Morgan fingerprint density at radius 1 is 0.920 bits per heavy atom. The lowest BCUT2D eigenvalue weighted by atomic mass is 9.93. The molecule has 1 heterocycles. The first kappa shape index (κ1) is 15.8. The average Bonchev–Trinajstić information content (AvgIpc) is 3.02. The van der Waals surface area contributed by atoms with E-state index in [1.54, 1.807) is 0 Å². The summed E-state index contributed by atoms with van der Waals surface area (Å²) < 4.78 is 0. The van der Waals surface area contributed by atoms with Gasteiger partial charge in [-0.05, 0) is 46.2 Å². The fraction of sp³-hybridized carbons (Fsp3) is 0.217. The second kappa shape index (κ2) is 6.64. The molecule has 0 aliphatic heterocycles. The zero-order chi connectivity index (χ0) is 17.2. The third kappa shape index (κ3) is 3.39. The van der Waals surface area contributed by atoms with E-state index in [1.165, 1.54) is 22.3 Å². The van der Waals surface area contributed by atoms with Crippen LogP contribution in [-0.4, -0.2) is 10.8 Å². The van der Waals surface area contributed by atoms with Gasteiger partial charge in [0, 0.05) is 30.8 Å². The summed E-state index contributed by atoms with van der Waals surface area (Å²) in [6, 6.07) is 19.2. The Bertz CT molecular complexity index is 914. The number of fused-ring (bicyclic) bond motifs is 1. The van der Waals surface area contributed by atoms with Crippen molar-refractivity contribution >= 4 is 5.78 Å². The highest BCUT2D eigenvalue weighted by molar-refractivity contribution is 5.88. The summed E-state index contributed by atoms with van der Waals surface area (Å²) in [4.78, 5) is 16.1. The molecule has 4 rings (SSSR count). The summed E-state index contributed by atoms with van der Waals surface area (Å²) in [5.74, 6) is 0.770. The molecule has 3 aromatic rings. The van der Waals surface area contributed by atoms with Crippen molar-refractivity contribution in [2.45, 2.75) is 32.1 Å². The minimum absolute atomic E-state index is 0.315. The maximum Gasteiger partial charge on any atom is 0.141 e. The van der Waals surface area contributed by atoms with Crippen LogP contribution in [0.15, 0.2) is 67.0 Å². The lowest BCUT2D eigenvalue weighted by Gasteiger charge is -2.13. The van der Waals surface area contributed by atoms with Gasteiger partial charge in [-0.25, -0.2) is 0 Å². The molecule has 2 heteroatoms. The molecule has 1 unspecified atom stereocenters. The van der Waals surface area contributed by atoms with Crippen molar-refractivity contribution in [3.05, 3.63) is 89.2 Å². The lowest BCUT2D eigenvalue weighted by molar-refractivity contribution is -0.117. The van der Waals surface area contributed by atoms with E-state index in [9.17, 15) is 4.79 Å². The molecule has 0 spiro atoms. The molecule has 25 heavy (non-hydrogen) atoms. The van der Waals surface area contributed by atoms with Crippen LogP contribution in [0.1, 0.15) is 35.1 Å². The molecule has 1 aliphatic carbocycles. The Kier molecular flexibility index (Phi) is 4.19. The summed E-state index contributed by atoms with van der Waals surface area (Å²) in [7, 11) is 0. The van der Waals surface area contributed by atoms with Crippen LogP contribution in [0, 0.1) is 0 Å². The Morgan fingerprint density at radius 2 is 1.72 bits per heavy atom. The molecule has 0 radical (unpaired) electrons. The monoisotopic (exact) mass is 327 g/mol. The molecular formula is C23H21NO. The zero-order valence-corrected chi connectivity index (χ0v) is 14.4. The number of pyridine rings is 1. The molecule has 2 nitrogen and oxygen atoms in total. The van der Waals surface area contributed by atoms with E-state index in [1.807, 2.05) is 12.4 Å². The number of rotatable bonds is 4. The average molecular weight is 327 g/mol. The number of ketones is 1. The Hall–Kier alpha value is -2.74. The Balaban J connectivity index is 1.58. The van der Waals surface area contributed by atoms with E-state index in [4.69, 9.17) is 0 Å². The molecule has 0 fully saturated rings. The van der Waals surface area contributed by atoms with Gasteiger partial charge in [-0.3, -0.25) is 9.78 Å². The van der Waals surface area contributed by atoms with Crippen molar-refractivity contribution in [1.29, 1.82) is 0 Å². The van der Waals surface area contributed by atoms with Crippen LogP contribution in [0.3, 0.4) is 0 Å². The van der Waals surface area contributed by atoms with Crippen LogP contribution in [0.5, 0.6) is 0 Å². The third-order valence-electron chi connectivity index (χ3n) is 5.02. The maximum atomic E-state index is 11.6. The highest BCUT2D eigenvalue weighted by Crippen LogP contribution is 2.28. The van der Waals surface area contributed by atoms with Crippen LogP contribution >= 0.6 is 0 Å². The van der Waals surface area contributed by atoms with E-state index >= 15 is 0 Å². The van der Waals surface area contributed by atoms with Gasteiger partial charge in [-0.15, -0.1) is 0 Å². The van der Waals surface area contributed by atoms with Crippen molar-refractivity contribution in [2.24, 2.45) is 0 Å². The van der Waals surface area contributed by atoms with Gasteiger partial charge in [-0.1, -0.05) is 55.5 Å². The molecule has 0 saturated heterocycles. The molecular weight excluding hydrogens is 306 g/mol. The van der Waals surface area contributed by atoms with Crippen molar-refractivity contribution in [3.8, 4) is 11.1 Å². The molecule has 124 valence electrons. The summed E-state index contributed by atoms with van der Waals surface area (Å²) in [5, 5.41) is 0. The van der Waals surface area contributed by atoms with Gasteiger partial charge >= 0.3 is 0 Å². The van der Waals surface area contributed by atoms with Gasteiger partial charge < -0.3 is 0 Å². The summed E-state index contributed by atoms with van der Waals surface area (Å²) in [6.45, 7) is 2.25. The van der Waals surface area contributed by atoms with Crippen molar-refractivity contribution in [2.75, 3.05) is 0 Å².